The summed E-state index contributed by atoms with van der Waals surface area (Å²) in [5.74, 6) is 0.137. The zero-order valence-corrected chi connectivity index (χ0v) is 19.3. The second-order valence-electron chi connectivity index (χ2n) is 7.73. The number of hydrogen-bond acceptors (Lipinski definition) is 5. The number of allylic oxidation sites excluding steroid dienone is 1. The lowest BCUT2D eigenvalue weighted by molar-refractivity contribution is 0.241. The number of aliphatic hydroxyl groups is 1. The average Bonchev–Trinajstić information content (AvgIpc) is 3.25. The smallest absolute Gasteiger partial charge is 0.138 e. The van der Waals surface area contributed by atoms with E-state index in [9.17, 15) is 10.4 Å². The number of aliphatic hydroxyl groups excluding tert-OH is 1. The van der Waals surface area contributed by atoms with E-state index in [-0.39, 0.29) is 5.76 Å². The van der Waals surface area contributed by atoms with Gasteiger partial charge in [0.15, 0.2) is 0 Å². The van der Waals surface area contributed by atoms with Crippen molar-refractivity contribution in [2.24, 2.45) is 0 Å². The molecule has 0 bridgehead atoms. The molecule has 162 valence electrons. The Kier molecular flexibility index (Phi) is 11.2. The van der Waals surface area contributed by atoms with Gasteiger partial charge in [-0.3, -0.25) is 4.90 Å². The Labute approximate surface area is 185 Å². The Morgan fingerprint density at radius 1 is 1.00 bits per heavy atom. The highest BCUT2D eigenvalue weighted by molar-refractivity contribution is 7.11. The summed E-state index contributed by atoms with van der Waals surface area (Å²) >= 11 is 1.41. The summed E-state index contributed by atoms with van der Waals surface area (Å²) in [5.41, 5.74) is 2.16. The molecule has 0 atom stereocenters. The number of thiazole rings is 1. The number of rotatable bonds is 14. The van der Waals surface area contributed by atoms with Gasteiger partial charge in [-0.2, -0.15) is 5.26 Å². The van der Waals surface area contributed by atoms with Crippen molar-refractivity contribution in [1.82, 2.24) is 9.88 Å². The average molecular weight is 426 g/mol. The van der Waals surface area contributed by atoms with Crippen LogP contribution in [-0.4, -0.2) is 34.6 Å². The number of nitriles is 1. The molecule has 0 aliphatic carbocycles. The number of hydrogen-bond donors (Lipinski definition) is 1. The lowest BCUT2D eigenvalue weighted by Crippen LogP contribution is -2.28. The van der Waals surface area contributed by atoms with Gasteiger partial charge in [0.2, 0.25) is 0 Å². The molecule has 0 spiro atoms. The van der Waals surface area contributed by atoms with Gasteiger partial charge in [0, 0.05) is 10.9 Å². The predicted octanol–water partition coefficient (Wildman–Crippen LogP) is 7.07. The lowest BCUT2D eigenvalue weighted by Gasteiger charge is -2.22. The third kappa shape index (κ3) is 7.93. The van der Waals surface area contributed by atoms with Crippen molar-refractivity contribution in [3.8, 4) is 17.3 Å². The first-order chi connectivity index (χ1) is 14.7. The van der Waals surface area contributed by atoms with Crippen molar-refractivity contribution in [3.05, 3.63) is 46.5 Å². The second kappa shape index (κ2) is 14.0. The summed E-state index contributed by atoms with van der Waals surface area (Å²) in [6, 6.07) is 12.1. The van der Waals surface area contributed by atoms with E-state index < -0.39 is 0 Å². The molecule has 4 nitrogen and oxygen atoms in total. The van der Waals surface area contributed by atoms with Gasteiger partial charge < -0.3 is 5.11 Å². The molecule has 2 aromatic rings. The predicted molar refractivity (Wildman–Crippen MR) is 127 cm³/mol. The van der Waals surface area contributed by atoms with Gasteiger partial charge in [0.25, 0.3) is 0 Å². The number of aromatic nitrogens is 1. The van der Waals surface area contributed by atoms with Crippen LogP contribution in [0.3, 0.4) is 0 Å². The van der Waals surface area contributed by atoms with Crippen LogP contribution in [0, 0.1) is 11.3 Å². The summed E-state index contributed by atoms with van der Waals surface area (Å²) < 4.78 is 0. The first-order valence-corrected chi connectivity index (χ1v) is 12.1. The first kappa shape index (κ1) is 24.1. The second-order valence-corrected chi connectivity index (χ2v) is 8.59. The van der Waals surface area contributed by atoms with E-state index in [0.29, 0.717) is 17.1 Å². The van der Waals surface area contributed by atoms with Crippen LogP contribution in [0.1, 0.15) is 70.2 Å². The number of nitrogens with zero attached hydrogens (tertiary/aromatic N) is 3. The Morgan fingerprint density at radius 3 is 2.20 bits per heavy atom. The first-order valence-electron chi connectivity index (χ1n) is 11.3. The highest BCUT2D eigenvalue weighted by Crippen LogP contribution is 2.27. The van der Waals surface area contributed by atoms with Crippen molar-refractivity contribution >= 4 is 16.9 Å². The Bertz CT molecular complexity index is 795. The Morgan fingerprint density at radius 2 is 1.63 bits per heavy atom. The molecule has 5 heteroatoms. The Balaban J connectivity index is 2.09. The fourth-order valence-electron chi connectivity index (χ4n) is 3.45. The van der Waals surface area contributed by atoms with Crippen molar-refractivity contribution in [1.29, 1.82) is 5.26 Å². The number of unbranched alkanes of at least 4 members (excludes halogenated alkanes) is 6. The molecule has 2 rings (SSSR count). The molecule has 1 N–H and O–H groups in total. The van der Waals surface area contributed by atoms with Crippen LogP contribution in [-0.2, 0) is 0 Å². The third-order valence-electron chi connectivity index (χ3n) is 5.22. The van der Waals surface area contributed by atoms with Gasteiger partial charge in [-0.1, -0.05) is 82.7 Å². The zero-order chi connectivity index (χ0) is 21.6. The Hall–Kier alpha value is -2.16. The van der Waals surface area contributed by atoms with Gasteiger partial charge in [-0.15, -0.1) is 11.3 Å². The molecule has 0 aliphatic heterocycles. The number of benzene rings is 1. The van der Waals surface area contributed by atoms with Gasteiger partial charge in [-0.25, -0.2) is 4.98 Å². The van der Waals surface area contributed by atoms with Crippen LogP contribution in [0.15, 0.2) is 41.5 Å². The van der Waals surface area contributed by atoms with Crippen LogP contribution in [0.5, 0.6) is 0 Å². The van der Waals surface area contributed by atoms with Crippen molar-refractivity contribution in [3.63, 3.8) is 0 Å². The summed E-state index contributed by atoms with van der Waals surface area (Å²) in [4.78, 5) is 6.91. The molecule has 0 fully saturated rings. The van der Waals surface area contributed by atoms with Crippen LogP contribution >= 0.6 is 11.3 Å². The van der Waals surface area contributed by atoms with Crippen LogP contribution in [0.4, 0.5) is 0 Å². The minimum absolute atomic E-state index is 0.137. The topological polar surface area (TPSA) is 60.1 Å². The molecule has 0 saturated carbocycles. The highest BCUT2D eigenvalue weighted by Gasteiger charge is 2.16. The molecule has 0 unspecified atom stereocenters. The van der Waals surface area contributed by atoms with Gasteiger partial charge >= 0.3 is 0 Å². The summed E-state index contributed by atoms with van der Waals surface area (Å²) in [5, 5.41) is 23.1. The summed E-state index contributed by atoms with van der Waals surface area (Å²) in [6.45, 7) is 6.77. The van der Waals surface area contributed by atoms with Gasteiger partial charge in [0.1, 0.15) is 22.4 Å². The van der Waals surface area contributed by atoms with Gasteiger partial charge in [0.05, 0.1) is 12.2 Å². The lowest BCUT2D eigenvalue weighted by atomic mass is 10.1. The summed E-state index contributed by atoms with van der Waals surface area (Å²) in [6.07, 6.45) is 9.61. The van der Waals surface area contributed by atoms with Crippen molar-refractivity contribution in [2.75, 3.05) is 19.6 Å². The van der Waals surface area contributed by atoms with Crippen molar-refractivity contribution < 1.29 is 5.11 Å². The monoisotopic (exact) mass is 425 g/mol. The fraction of sp³-hybridized carbons (Fsp3) is 0.520. The minimum Gasteiger partial charge on any atom is -0.509 e. The van der Waals surface area contributed by atoms with E-state index in [2.05, 4.69) is 29.8 Å². The van der Waals surface area contributed by atoms with E-state index in [4.69, 9.17) is 0 Å². The van der Waals surface area contributed by atoms with E-state index in [0.717, 1.165) is 37.2 Å². The maximum absolute atomic E-state index is 10.8. The SMILES string of the molecule is CCCCCCN(CCCCCC)CC(O)=C(C#N)c1nc(-c2ccccc2)cs1. The van der Waals surface area contributed by atoms with E-state index in [1.54, 1.807) is 0 Å². The minimum atomic E-state index is 0.137. The van der Waals surface area contributed by atoms with E-state index >= 15 is 0 Å². The quantitative estimate of drug-likeness (QED) is 0.200. The van der Waals surface area contributed by atoms with E-state index in [1.807, 2.05) is 35.7 Å². The molecule has 1 aromatic heterocycles. The fourth-order valence-corrected chi connectivity index (χ4v) is 4.30. The summed E-state index contributed by atoms with van der Waals surface area (Å²) in [7, 11) is 0. The third-order valence-corrected chi connectivity index (χ3v) is 6.08. The molecule has 0 aliphatic rings. The molecule has 30 heavy (non-hydrogen) atoms. The maximum atomic E-state index is 10.8. The van der Waals surface area contributed by atoms with Crippen LogP contribution in [0.25, 0.3) is 16.8 Å². The standard InChI is InChI=1S/C25H35N3OS/c1-3-5-7-12-16-28(17-13-8-6-4-2)19-24(29)22(18-26)25-27-23(20-30-25)21-14-10-9-11-15-21/h9-11,14-15,20,29H,3-8,12-13,16-17,19H2,1-2H3. The molecule has 0 amide bonds. The molecular formula is C25H35N3OS. The zero-order valence-electron chi connectivity index (χ0n) is 18.4. The van der Waals surface area contributed by atoms with E-state index in [1.165, 1.54) is 49.9 Å². The molecular weight excluding hydrogens is 390 g/mol. The maximum Gasteiger partial charge on any atom is 0.138 e. The molecule has 1 aromatic carbocycles. The van der Waals surface area contributed by atoms with Crippen LogP contribution in [0.2, 0.25) is 0 Å². The van der Waals surface area contributed by atoms with Crippen molar-refractivity contribution in [2.45, 2.75) is 65.2 Å². The largest absolute Gasteiger partial charge is 0.509 e. The molecule has 0 saturated heterocycles. The molecule has 0 radical (unpaired) electrons. The highest BCUT2D eigenvalue weighted by atomic mass is 32.1. The molecule has 1 heterocycles. The normalized spacial score (nSPS) is 12.1. The van der Waals surface area contributed by atoms with Crippen LogP contribution < -0.4 is 0 Å². The van der Waals surface area contributed by atoms with Gasteiger partial charge in [-0.05, 0) is 25.9 Å².